The fourth-order valence-electron chi connectivity index (χ4n) is 2.95. The Labute approximate surface area is 148 Å². The Morgan fingerprint density at radius 1 is 1.04 bits per heavy atom. The fourth-order valence-corrected chi connectivity index (χ4v) is 2.95. The second-order valence-electron chi connectivity index (χ2n) is 6.01. The lowest BCUT2D eigenvalue weighted by Crippen LogP contribution is -2.27. The molecule has 3 N–H and O–H groups in total. The summed E-state index contributed by atoms with van der Waals surface area (Å²) in [6.45, 7) is 0.491. The zero-order chi connectivity index (χ0) is 17.9. The molecule has 0 fully saturated rings. The first-order valence-corrected chi connectivity index (χ1v) is 8.41. The van der Waals surface area contributed by atoms with E-state index >= 15 is 0 Å². The quantitative estimate of drug-likeness (QED) is 0.481. The number of aryl methyl sites for hydroxylation is 1. The third-order valence-corrected chi connectivity index (χ3v) is 4.23. The summed E-state index contributed by atoms with van der Waals surface area (Å²) in [7, 11) is 0. The molecule has 4 rings (SSSR count). The van der Waals surface area contributed by atoms with Crippen LogP contribution in [0.25, 0.3) is 21.8 Å². The van der Waals surface area contributed by atoms with Crippen LogP contribution in [-0.2, 0) is 6.42 Å². The van der Waals surface area contributed by atoms with Gasteiger partial charge in [-0.15, -0.1) is 0 Å². The molecule has 0 spiro atoms. The predicted molar refractivity (Wildman–Crippen MR) is 99.1 cm³/mol. The molecular weight excluding hydrogens is 330 g/mol. The molecule has 1 amide bonds. The molecule has 26 heavy (non-hydrogen) atoms. The molecule has 7 heteroatoms. The molecule has 7 nitrogen and oxygen atoms in total. The Kier molecular flexibility index (Phi) is 4.18. The predicted octanol–water partition coefficient (Wildman–Crippen LogP) is 2.16. The van der Waals surface area contributed by atoms with Gasteiger partial charge in [-0.2, -0.15) is 5.10 Å². The van der Waals surface area contributed by atoms with Crippen LogP contribution in [0.15, 0.2) is 53.3 Å². The number of benzene rings is 2. The van der Waals surface area contributed by atoms with Crippen molar-refractivity contribution in [3.8, 4) is 0 Å². The second-order valence-corrected chi connectivity index (χ2v) is 6.01. The molecular formula is C19H17N5O2. The molecule has 0 radical (unpaired) electrons. The molecule has 2 aromatic carbocycles. The molecule has 2 heterocycles. The Morgan fingerprint density at radius 3 is 2.65 bits per heavy atom. The van der Waals surface area contributed by atoms with Crippen LogP contribution in [0.3, 0.4) is 0 Å². The summed E-state index contributed by atoms with van der Waals surface area (Å²) in [4.78, 5) is 32.0. The fraction of sp³-hybridized carbons (Fsp3) is 0.158. The number of aromatic amines is 2. The summed E-state index contributed by atoms with van der Waals surface area (Å²) < 4.78 is 0. The van der Waals surface area contributed by atoms with Crippen molar-refractivity contribution in [2.24, 2.45) is 0 Å². The summed E-state index contributed by atoms with van der Waals surface area (Å²) in [5.74, 6) is 0.593. The van der Waals surface area contributed by atoms with Crippen LogP contribution >= 0.6 is 0 Å². The van der Waals surface area contributed by atoms with Crippen molar-refractivity contribution >= 4 is 27.7 Å². The summed E-state index contributed by atoms with van der Waals surface area (Å²) >= 11 is 0. The van der Waals surface area contributed by atoms with E-state index in [1.807, 2.05) is 24.3 Å². The van der Waals surface area contributed by atoms with Crippen LogP contribution in [0.4, 0.5) is 0 Å². The van der Waals surface area contributed by atoms with Crippen molar-refractivity contribution in [2.45, 2.75) is 12.8 Å². The number of carbonyl (C=O) groups is 1. The lowest BCUT2D eigenvalue weighted by atomic mass is 10.1. The second kappa shape index (κ2) is 6.79. The van der Waals surface area contributed by atoms with E-state index in [4.69, 9.17) is 0 Å². The van der Waals surface area contributed by atoms with Crippen LogP contribution < -0.4 is 10.9 Å². The maximum atomic E-state index is 12.4. The minimum absolute atomic E-state index is 0.226. The zero-order valence-corrected chi connectivity index (χ0v) is 14.0. The Morgan fingerprint density at radius 2 is 1.81 bits per heavy atom. The van der Waals surface area contributed by atoms with Crippen LogP contribution in [0.5, 0.6) is 0 Å². The Bertz CT molecular complexity index is 1110. The lowest BCUT2D eigenvalue weighted by molar-refractivity contribution is 0.0949. The molecule has 2 aromatic heterocycles. The van der Waals surface area contributed by atoms with Crippen LogP contribution in [0, 0.1) is 0 Å². The number of imidazole rings is 1. The van der Waals surface area contributed by atoms with Crippen molar-refractivity contribution < 1.29 is 4.79 Å². The minimum Gasteiger partial charge on any atom is -0.351 e. The van der Waals surface area contributed by atoms with Crippen LogP contribution in [0.2, 0.25) is 0 Å². The largest absolute Gasteiger partial charge is 0.351 e. The van der Waals surface area contributed by atoms with Gasteiger partial charge in [-0.3, -0.25) is 9.59 Å². The molecule has 0 saturated carbocycles. The summed E-state index contributed by atoms with van der Waals surface area (Å²) in [5, 5.41) is 10.1. The average Bonchev–Trinajstić information content (AvgIpc) is 3.08. The van der Waals surface area contributed by atoms with Gasteiger partial charge in [-0.05, 0) is 24.6 Å². The van der Waals surface area contributed by atoms with Crippen LogP contribution in [0.1, 0.15) is 22.7 Å². The first kappa shape index (κ1) is 16.0. The van der Waals surface area contributed by atoms with E-state index < -0.39 is 0 Å². The molecule has 0 aliphatic rings. The molecule has 0 aliphatic carbocycles. The number of nitrogens with one attached hydrogen (secondary N) is 3. The first-order valence-electron chi connectivity index (χ1n) is 8.41. The number of H-pyrrole nitrogens is 2. The number of amides is 1. The summed E-state index contributed by atoms with van der Waals surface area (Å²) in [6.07, 6.45) is 1.47. The lowest BCUT2D eigenvalue weighted by Gasteiger charge is -2.06. The van der Waals surface area contributed by atoms with E-state index in [-0.39, 0.29) is 17.2 Å². The van der Waals surface area contributed by atoms with E-state index in [1.165, 1.54) is 0 Å². The van der Waals surface area contributed by atoms with Crippen molar-refractivity contribution in [3.63, 3.8) is 0 Å². The van der Waals surface area contributed by atoms with Gasteiger partial charge in [-0.1, -0.05) is 30.3 Å². The van der Waals surface area contributed by atoms with E-state index in [9.17, 15) is 9.59 Å². The van der Waals surface area contributed by atoms with Crippen molar-refractivity contribution in [1.82, 2.24) is 25.5 Å². The van der Waals surface area contributed by atoms with Gasteiger partial charge in [0.1, 0.15) is 5.82 Å². The SMILES string of the molecule is O=C(NCCCc1nc2ccccc2[nH]1)c1n[nH]c(=O)c2ccccc12. The van der Waals surface area contributed by atoms with Gasteiger partial charge in [-0.25, -0.2) is 10.1 Å². The van der Waals surface area contributed by atoms with Crippen LogP contribution in [-0.4, -0.2) is 32.6 Å². The standard InChI is InChI=1S/C19H17N5O2/c25-18-13-7-2-1-6-12(13)17(23-24-18)19(26)20-11-5-10-16-21-14-8-3-4-9-15(14)22-16/h1-4,6-9H,5,10-11H2,(H,20,26)(H,21,22)(H,24,25). The van der Waals surface area contributed by atoms with Gasteiger partial charge >= 0.3 is 0 Å². The number of aromatic nitrogens is 4. The molecule has 0 bridgehead atoms. The van der Waals surface area contributed by atoms with Gasteiger partial charge in [0.25, 0.3) is 11.5 Å². The van der Waals surface area contributed by atoms with E-state index in [2.05, 4.69) is 25.5 Å². The number of para-hydroxylation sites is 2. The van der Waals surface area contributed by atoms with Gasteiger partial charge in [0.05, 0.1) is 16.4 Å². The van der Waals surface area contributed by atoms with Crippen molar-refractivity contribution in [1.29, 1.82) is 0 Å². The number of nitrogens with zero attached hydrogens (tertiary/aromatic N) is 2. The number of fused-ring (bicyclic) bond motifs is 2. The molecule has 130 valence electrons. The number of hydrogen-bond acceptors (Lipinski definition) is 4. The maximum Gasteiger partial charge on any atom is 0.272 e. The molecule has 0 saturated heterocycles. The van der Waals surface area contributed by atoms with E-state index in [1.54, 1.807) is 24.3 Å². The van der Waals surface area contributed by atoms with Gasteiger partial charge < -0.3 is 10.3 Å². The highest BCUT2D eigenvalue weighted by Gasteiger charge is 2.13. The van der Waals surface area contributed by atoms with E-state index in [0.29, 0.717) is 17.3 Å². The van der Waals surface area contributed by atoms with Gasteiger partial charge in [0, 0.05) is 18.4 Å². The summed E-state index contributed by atoms with van der Waals surface area (Å²) in [5.41, 5.74) is 1.87. The third-order valence-electron chi connectivity index (χ3n) is 4.23. The average molecular weight is 347 g/mol. The Balaban J connectivity index is 1.40. The molecule has 4 aromatic rings. The highest BCUT2D eigenvalue weighted by atomic mass is 16.2. The zero-order valence-electron chi connectivity index (χ0n) is 14.0. The number of hydrogen-bond donors (Lipinski definition) is 3. The molecule has 0 aliphatic heterocycles. The maximum absolute atomic E-state index is 12.4. The highest BCUT2D eigenvalue weighted by Crippen LogP contribution is 2.13. The Hall–Kier alpha value is -3.48. The van der Waals surface area contributed by atoms with E-state index in [0.717, 1.165) is 29.7 Å². The van der Waals surface area contributed by atoms with Crippen molar-refractivity contribution in [3.05, 3.63) is 70.4 Å². The number of rotatable bonds is 5. The van der Waals surface area contributed by atoms with Crippen molar-refractivity contribution in [2.75, 3.05) is 6.54 Å². The first-order chi connectivity index (χ1) is 12.7. The molecule has 0 atom stereocenters. The van der Waals surface area contributed by atoms with Gasteiger partial charge in [0.15, 0.2) is 5.69 Å². The molecule has 0 unspecified atom stereocenters. The minimum atomic E-state index is -0.304. The summed E-state index contributed by atoms with van der Waals surface area (Å²) in [6, 6.07) is 14.8. The third kappa shape index (κ3) is 3.06. The number of carbonyl (C=O) groups excluding carboxylic acids is 1. The highest BCUT2D eigenvalue weighted by molar-refractivity contribution is 6.04. The smallest absolute Gasteiger partial charge is 0.272 e. The topological polar surface area (TPSA) is 104 Å². The van der Waals surface area contributed by atoms with Gasteiger partial charge in [0.2, 0.25) is 0 Å². The normalized spacial score (nSPS) is 11.1. The monoisotopic (exact) mass is 347 g/mol.